The van der Waals surface area contributed by atoms with Crippen LogP contribution in [0.1, 0.15) is 36.5 Å². The van der Waals surface area contributed by atoms with Gasteiger partial charge in [-0.05, 0) is 36.6 Å². The van der Waals surface area contributed by atoms with Crippen molar-refractivity contribution in [2.75, 3.05) is 13.2 Å². The lowest BCUT2D eigenvalue weighted by atomic mass is 10.0. The molecule has 0 atom stereocenters. The zero-order valence-corrected chi connectivity index (χ0v) is 15.0. The van der Waals surface area contributed by atoms with E-state index in [9.17, 15) is 4.79 Å². The van der Waals surface area contributed by atoms with Crippen molar-refractivity contribution >= 4 is 12.0 Å². The van der Waals surface area contributed by atoms with E-state index in [0.717, 1.165) is 36.3 Å². The number of hydrogen-bond acceptors (Lipinski definition) is 2. The van der Waals surface area contributed by atoms with E-state index in [1.807, 2.05) is 47.4 Å². The van der Waals surface area contributed by atoms with Gasteiger partial charge >= 0.3 is 0 Å². The molecule has 0 aliphatic carbocycles. The molecule has 1 aliphatic heterocycles. The van der Waals surface area contributed by atoms with Crippen LogP contribution >= 0.6 is 0 Å². The molecular weight excluding hydrogens is 310 g/mol. The van der Waals surface area contributed by atoms with Gasteiger partial charge < -0.3 is 9.64 Å². The van der Waals surface area contributed by atoms with Gasteiger partial charge in [-0.1, -0.05) is 55.8 Å². The molecule has 2 aromatic carbocycles. The van der Waals surface area contributed by atoms with Gasteiger partial charge in [0.15, 0.2) is 0 Å². The van der Waals surface area contributed by atoms with Crippen molar-refractivity contribution in [3.63, 3.8) is 0 Å². The number of carbonyl (C=O) groups is 1. The summed E-state index contributed by atoms with van der Waals surface area (Å²) in [6.45, 7) is 5.99. The van der Waals surface area contributed by atoms with Gasteiger partial charge in [0, 0.05) is 18.7 Å². The van der Waals surface area contributed by atoms with Crippen molar-refractivity contribution in [1.29, 1.82) is 0 Å². The summed E-state index contributed by atoms with van der Waals surface area (Å²) in [5, 5.41) is 0. The summed E-state index contributed by atoms with van der Waals surface area (Å²) in [5.74, 6) is 0.921. The number of amides is 1. The number of benzene rings is 2. The second-order valence-electron chi connectivity index (χ2n) is 6.50. The lowest BCUT2D eigenvalue weighted by molar-refractivity contribution is -0.128. The van der Waals surface area contributed by atoms with Crippen LogP contribution in [0.5, 0.6) is 5.75 Å². The molecule has 0 N–H and O–H groups in total. The van der Waals surface area contributed by atoms with Crippen molar-refractivity contribution in [2.24, 2.45) is 0 Å². The average Bonchev–Trinajstić information content (AvgIpc) is 2.65. The topological polar surface area (TPSA) is 29.5 Å². The second kappa shape index (κ2) is 8.02. The number of carbonyl (C=O) groups excluding carboxylic acids is 1. The third-order valence-corrected chi connectivity index (χ3v) is 4.60. The molecule has 0 saturated heterocycles. The Morgan fingerprint density at radius 2 is 1.88 bits per heavy atom. The van der Waals surface area contributed by atoms with Crippen molar-refractivity contribution in [2.45, 2.75) is 33.2 Å². The van der Waals surface area contributed by atoms with Gasteiger partial charge in [0.25, 0.3) is 5.91 Å². The number of para-hydroxylation sites is 1. The fourth-order valence-corrected chi connectivity index (χ4v) is 3.04. The smallest absolute Gasteiger partial charge is 0.253 e. The van der Waals surface area contributed by atoms with Gasteiger partial charge in [0.2, 0.25) is 0 Å². The number of aryl methyl sites for hydroxylation is 1. The third-order valence-electron chi connectivity index (χ3n) is 4.60. The van der Waals surface area contributed by atoms with Crippen LogP contribution < -0.4 is 4.74 Å². The Balaban J connectivity index is 1.82. The highest BCUT2D eigenvalue weighted by atomic mass is 16.5. The number of unbranched alkanes of at least 4 members (excludes halogenated alkanes) is 1. The van der Waals surface area contributed by atoms with Gasteiger partial charge in [-0.2, -0.15) is 0 Å². The van der Waals surface area contributed by atoms with Crippen LogP contribution in [0.25, 0.3) is 6.08 Å². The number of ether oxygens (including phenoxy) is 1. The molecule has 3 rings (SSSR count). The molecular formula is C22H25NO2. The Morgan fingerprint density at radius 3 is 2.68 bits per heavy atom. The molecule has 0 fully saturated rings. The first-order chi connectivity index (χ1) is 12.2. The van der Waals surface area contributed by atoms with Crippen molar-refractivity contribution in [1.82, 2.24) is 4.90 Å². The van der Waals surface area contributed by atoms with E-state index in [2.05, 4.69) is 26.0 Å². The van der Waals surface area contributed by atoms with Crippen molar-refractivity contribution in [3.05, 3.63) is 70.8 Å². The van der Waals surface area contributed by atoms with Crippen molar-refractivity contribution < 1.29 is 9.53 Å². The third kappa shape index (κ3) is 4.11. The molecule has 130 valence electrons. The summed E-state index contributed by atoms with van der Waals surface area (Å²) in [4.78, 5) is 15.1. The molecule has 0 unspecified atom stereocenters. The maximum atomic E-state index is 13.1. The molecule has 1 aliphatic rings. The van der Waals surface area contributed by atoms with E-state index in [1.165, 1.54) is 11.1 Å². The highest BCUT2D eigenvalue weighted by Crippen LogP contribution is 2.27. The first-order valence-electron chi connectivity index (χ1n) is 8.95. The van der Waals surface area contributed by atoms with Crippen LogP contribution in [-0.2, 0) is 11.3 Å². The van der Waals surface area contributed by atoms with Crippen LogP contribution in [0, 0.1) is 6.92 Å². The quantitative estimate of drug-likeness (QED) is 0.772. The van der Waals surface area contributed by atoms with Crippen LogP contribution in [0.15, 0.2) is 54.1 Å². The lowest BCUT2D eigenvalue weighted by Crippen LogP contribution is -2.35. The standard InChI is InChI=1S/C22H25NO2/c1-3-4-13-23(15-19-11-6-5-9-17(19)2)22(24)20-14-18-10-7-8-12-21(18)25-16-20/h5-12,14H,3-4,13,15-16H2,1-2H3. The Morgan fingerprint density at radius 1 is 1.12 bits per heavy atom. The van der Waals surface area contributed by atoms with E-state index in [1.54, 1.807) is 0 Å². The predicted molar refractivity (Wildman–Crippen MR) is 101 cm³/mol. The minimum atomic E-state index is 0.0752. The Kier molecular flexibility index (Phi) is 5.54. The normalized spacial score (nSPS) is 12.8. The van der Waals surface area contributed by atoms with Crippen LogP contribution in [0.2, 0.25) is 0 Å². The van der Waals surface area contributed by atoms with Crippen LogP contribution in [0.4, 0.5) is 0 Å². The number of nitrogens with zero attached hydrogens (tertiary/aromatic N) is 1. The molecule has 3 heteroatoms. The summed E-state index contributed by atoms with van der Waals surface area (Å²) in [6.07, 6.45) is 4.04. The Hall–Kier alpha value is -2.55. The zero-order valence-electron chi connectivity index (χ0n) is 15.0. The van der Waals surface area contributed by atoms with Crippen LogP contribution in [0.3, 0.4) is 0 Å². The summed E-state index contributed by atoms with van der Waals surface area (Å²) in [7, 11) is 0. The van der Waals surface area contributed by atoms with Gasteiger partial charge in [0.1, 0.15) is 12.4 Å². The lowest BCUT2D eigenvalue weighted by Gasteiger charge is -2.26. The molecule has 2 aromatic rings. The first kappa shape index (κ1) is 17.3. The summed E-state index contributed by atoms with van der Waals surface area (Å²) in [5.41, 5.74) is 4.12. The molecule has 1 amide bonds. The Bertz CT molecular complexity index is 779. The van der Waals surface area contributed by atoms with E-state index in [4.69, 9.17) is 4.74 Å². The second-order valence-corrected chi connectivity index (χ2v) is 6.50. The molecule has 0 radical (unpaired) electrons. The number of hydrogen-bond donors (Lipinski definition) is 0. The molecule has 3 nitrogen and oxygen atoms in total. The highest BCUT2D eigenvalue weighted by Gasteiger charge is 2.22. The molecule has 1 heterocycles. The molecule has 0 spiro atoms. The van der Waals surface area contributed by atoms with Gasteiger partial charge in [-0.15, -0.1) is 0 Å². The first-order valence-corrected chi connectivity index (χ1v) is 8.95. The van der Waals surface area contributed by atoms with E-state index in [-0.39, 0.29) is 5.91 Å². The average molecular weight is 335 g/mol. The fourth-order valence-electron chi connectivity index (χ4n) is 3.04. The highest BCUT2D eigenvalue weighted by molar-refractivity contribution is 5.99. The van der Waals surface area contributed by atoms with E-state index in [0.29, 0.717) is 13.2 Å². The summed E-state index contributed by atoms with van der Waals surface area (Å²) >= 11 is 0. The van der Waals surface area contributed by atoms with E-state index < -0.39 is 0 Å². The fraction of sp³-hybridized carbons (Fsp3) is 0.318. The van der Waals surface area contributed by atoms with E-state index >= 15 is 0 Å². The molecule has 0 saturated carbocycles. The maximum Gasteiger partial charge on any atom is 0.253 e. The molecule has 0 aromatic heterocycles. The summed E-state index contributed by atoms with van der Waals surface area (Å²) in [6, 6.07) is 16.1. The number of rotatable bonds is 6. The maximum absolute atomic E-state index is 13.1. The summed E-state index contributed by atoms with van der Waals surface area (Å²) < 4.78 is 5.77. The monoisotopic (exact) mass is 335 g/mol. The minimum absolute atomic E-state index is 0.0752. The van der Waals surface area contributed by atoms with Crippen LogP contribution in [-0.4, -0.2) is 24.0 Å². The minimum Gasteiger partial charge on any atom is -0.488 e. The number of fused-ring (bicyclic) bond motifs is 1. The largest absolute Gasteiger partial charge is 0.488 e. The SMILES string of the molecule is CCCCN(Cc1ccccc1C)C(=O)C1=Cc2ccccc2OC1. The van der Waals surface area contributed by atoms with Gasteiger partial charge in [-0.25, -0.2) is 0 Å². The molecule has 0 bridgehead atoms. The predicted octanol–water partition coefficient (Wildman–Crippen LogP) is 4.60. The van der Waals surface area contributed by atoms with Gasteiger partial charge in [0.05, 0.1) is 5.57 Å². The molecule has 25 heavy (non-hydrogen) atoms. The zero-order chi connectivity index (χ0) is 17.6. The van der Waals surface area contributed by atoms with Crippen molar-refractivity contribution in [3.8, 4) is 5.75 Å². The van der Waals surface area contributed by atoms with Gasteiger partial charge in [-0.3, -0.25) is 4.79 Å². The Labute approximate surface area is 149 Å².